The molecule has 0 unspecified atom stereocenters. The predicted octanol–water partition coefficient (Wildman–Crippen LogP) is 4.32. The van der Waals surface area contributed by atoms with Crippen LogP contribution >= 0.6 is 11.1 Å². The van der Waals surface area contributed by atoms with Gasteiger partial charge in [0.2, 0.25) is 0 Å². The first kappa shape index (κ1) is 12.7. The van der Waals surface area contributed by atoms with E-state index in [0.717, 1.165) is 0 Å². The fourth-order valence-electron chi connectivity index (χ4n) is 1.34. The smallest absolute Gasteiger partial charge is 0.168 e. The lowest BCUT2D eigenvalue weighted by molar-refractivity contribution is 1.06. The molecule has 0 atom stereocenters. The summed E-state index contributed by atoms with van der Waals surface area (Å²) < 4.78 is 0. The summed E-state index contributed by atoms with van der Waals surface area (Å²) in [6, 6.07) is 0. The van der Waals surface area contributed by atoms with Crippen LogP contribution in [-0.4, -0.2) is 8.11 Å². The van der Waals surface area contributed by atoms with Crippen LogP contribution in [0, 0.1) is 0 Å². The number of rotatable bonds is 4. The first-order valence-corrected chi connectivity index (χ1v) is 7.55. The van der Waals surface area contributed by atoms with Gasteiger partial charge in [-0.1, -0.05) is 43.0 Å². The SMILES string of the molecule is CC=CC(C=CC)(C=CC)[Si](C)Cl. The van der Waals surface area contributed by atoms with Crippen LogP contribution in [0.4, 0.5) is 0 Å². The molecular weight excluding hydrogens is 196 g/mol. The van der Waals surface area contributed by atoms with Gasteiger partial charge < -0.3 is 0 Å². The Labute approximate surface area is 88.3 Å². The Kier molecular flexibility index (Phi) is 6.09. The van der Waals surface area contributed by atoms with Crippen molar-refractivity contribution in [3.8, 4) is 0 Å². The molecule has 0 nitrogen and oxygen atoms in total. The number of hydrogen-bond acceptors (Lipinski definition) is 0. The standard InChI is InChI=1S/C11H18ClSi/c1-5-8-11(9-6-2,10-7-3)13(4)12/h5-10H,1-4H3. The van der Waals surface area contributed by atoms with Gasteiger partial charge in [0, 0.05) is 5.04 Å². The zero-order chi connectivity index (χ0) is 10.3. The van der Waals surface area contributed by atoms with E-state index in [4.69, 9.17) is 11.1 Å². The maximum absolute atomic E-state index is 6.28. The first-order chi connectivity index (χ1) is 6.13. The molecule has 0 aromatic rings. The minimum absolute atomic E-state index is 0.0233. The van der Waals surface area contributed by atoms with E-state index in [1.165, 1.54) is 0 Å². The second-order valence-electron chi connectivity index (χ2n) is 2.97. The zero-order valence-electron chi connectivity index (χ0n) is 8.84. The molecular formula is C11H18ClSi. The Balaban J connectivity index is 5.03. The third-order valence-corrected chi connectivity index (χ3v) is 4.60. The van der Waals surface area contributed by atoms with Crippen LogP contribution in [0.3, 0.4) is 0 Å². The van der Waals surface area contributed by atoms with E-state index >= 15 is 0 Å². The van der Waals surface area contributed by atoms with Crippen molar-refractivity contribution >= 4 is 19.2 Å². The normalized spacial score (nSPS) is 18.0. The van der Waals surface area contributed by atoms with Crippen LogP contribution in [0.25, 0.3) is 0 Å². The minimum Gasteiger partial charge on any atom is -0.168 e. The molecule has 0 N–H and O–H groups in total. The molecule has 0 fully saturated rings. The third-order valence-electron chi connectivity index (χ3n) is 1.92. The molecule has 13 heavy (non-hydrogen) atoms. The van der Waals surface area contributed by atoms with Crippen LogP contribution in [0.15, 0.2) is 36.5 Å². The van der Waals surface area contributed by atoms with Crippen molar-refractivity contribution in [2.24, 2.45) is 0 Å². The lowest BCUT2D eigenvalue weighted by atomic mass is 10.1. The van der Waals surface area contributed by atoms with Crippen LogP contribution in [0.1, 0.15) is 20.8 Å². The van der Waals surface area contributed by atoms with E-state index < -0.39 is 8.11 Å². The fraction of sp³-hybridized carbons (Fsp3) is 0.455. The summed E-state index contributed by atoms with van der Waals surface area (Å²) in [5.74, 6) is 0. The second kappa shape index (κ2) is 6.22. The summed E-state index contributed by atoms with van der Waals surface area (Å²) in [5, 5.41) is -0.0233. The van der Waals surface area contributed by atoms with Crippen molar-refractivity contribution in [3.05, 3.63) is 36.5 Å². The van der Waals surface area contributed by atoms with Gasteiger partial charge in [-0.15, -0.1) is 0 Å². The van der Waals surface area contributed by atoms with Crippen LogP contribution in [0.2, 0.25) is 11.6 Å². The summed E-state index contributed by atoms with van der Waals surface area (Å²) in [5.41, 5.74) is 0. The summed E-state index contributed by atoms with van der Waals surface area (Å²) in [7, 11) is -0.908. The van der Waals surface area contributed by atoms with E-state index in [9.17, 15) is 0 Å². The Bertz CT molecular complexity index is 183. The third kappa shape index (κ3) is 3.53. The molecule has 0 aliphatic heterocycles. The van der Waals surface area contributed by atoms with E-state index in [2.05, 4.69) is 43.0 Å². The zero-order valence-corrected chi connectivity index (χ0v) is 10.6. The van der Waals surface area contributed by atoms with E-state index in [1.54, 1.807) is 0 Å². The van der Waals surface area contributed by atoms with Crippen molar-refractivity contribution in [1.82, 2.24) is 0 Å². The summed E-state index contributed by atoms with van der Waals surface area (Å²) in [4.78, 5) is 0. The highest BCUT2D eigenvalue weighted by atomic mass is 35.6. The van der Waals surface area contributed by atoms with E-state index in [0.29, 0.717) is 0 Å². The summed E-state index contributed by atoms with van der Waals surface area (Å²) in [6.07, 6.45) is 12.7. The van der Waals surface area contributed by atoms with Crippen LogP contribution < -0.4 is 0 Å². The molecule has 1 radical (unpaired) electrons. The summed E-state index contributed by atoms with van der Waals surface area (Å²) in [6.45, 7) is 8.21. The van der Waals surface area contributed by atoms with E-state index in [-0.39, 0.29) is 5.04 Å². The number of hydrogen-bond donors (Lipinski definition) is 0. The maximum Gasteiger partial charge on any atom is 0.180 e. The molecule has 73 valence electrons. The van der Waals surface area contributed by atoms with Crippen molar-refractivity contribution in [2.45, 2.75) is 32.4 Å². The molecule has 0 rings (SSSR count). The molecule has 0 bridgehead atoms. The second-order valence-corrected chi connectivity index (χ2v) is 6.60. The quantitative estimate of drug-likeness (QED) is 0.371. The molecule has 0 aliphatic carbocycles. The predicted molar refractivity (Wildman–Crippen MR) is 64.6 cm³/mol. The highest BCUT2D eigenvalue weighted by molar-refractivity contribution is 7.08. The number of halogens is 1. The highest BCUT2D eigenvalue weighted by Crippen LogP contribution is 2.37. The van der Waals surface area contributed by atoms with Gasteiger partial charge in [-0.25, -0.2) is 0 Å². The topological polar surface area (TPSA) is 0 Å². The molecule has 2 heteroatoms. The van der Waals surface area contributed by atoms with Gasteiger partial charge in [0.05, 0.1) is 0 Å². The average Bonchev–Trinajstić information content (AvgIpc) is 2.05. The highest BCUT2D eigenvalue weighted by Gasteiger charge is 2.27. The van der Waals surface area contributed by atoms with Crippen molar-refractivity contribution in [3.63, 3.8) is 0 Å². The van der Waals surface area contributed by atoms with E-state index in [1.807, 2.05) is 20.8 Å². The molecule has 0 saturated heterocycles. The molecule has 0 heterocycles. The molecule has 0 aliphatic rings. The van der Waals surface area contributed by atoms with Crippen molar-refractivity contribution in [2.75, 3.05) is 0 Å². The van der Waals surface area contributed by atoms with Crippen molar-refractivity contribution in [1.29, 1.82) is 0 Å². The van der Waals surface area contributed by atoms with Gasteiger partial charge in [-0.3, -0.25) is 0 Å². The van der Waals surface area contributed by atoms with Crippen LogP contribution in [-0.2, 0) is 0 Å². The average molecular weight is 214 g/mol. The van der Waals surface area contributed by atoms with Gasteiger partial charge in [0.1, 0.15) is 0 Å². The van der Waals surface area contributed by atoms with Crippen molar-refractivity contribution < 1.29 is 0 Å². The molecule has 0 spiro atoms. The van der Waals surface area contributed by atoms with Gasteiger partial charge in [-0.2, -0.15) is 11.1 Å². The fourth-order valence-corrected chi connectivity index (χ4v) is 3.09. The van der Waals surface area contributed by atoms with Crippen LogP contribution in [0.5, 0.6) is 0 Å². The Morgan fingerprint density at radius 1 is 0.923 bits per heavy atom. The Hall–Kier alpha value is -0.273. The van der Waals surface area contributed by atoms with Gasteiger partial charge in [0.15, 0.2) is 8.11 Å². The first-order valence-electron chi connectivity index (χ1n) is 4.54. The molecule has 0 amide bonds. The molecule has 0 aromatic heterocycles. The lowest BCUT2D eigenvalue weighted by Gasteiger charge is -2.24. The number of allylic oxidation sites excluding steroid dienone is 6. The van der Waals surface area contributed by atoms with Gasteiger partial charge >= 0.3 is 0 Å². The molecule has 0 aromatic carbocycles. The monoisotopic (exact) mass is 213 g/mol. The maximum atomic E-state index is 6.28. The van der Waals surface area contributed by atoms with Gasteiger partial charge in [0.25, 0.3) is 0 Å². The Morgan fingerprint density at radius 3 is 1.38 bits per heavy atom. The largest absolute Gasteiger partial charge is 0.180 e. The molecule has 0 saturated carbocycles. The summed E-state index contributed by atoms with van der Waals surface area (Å²) >= 11 is 6.28. The minimum atomic E-state index is -0.908. The Morgan fingerprint density at radius 2 is 1.23 bits per heavy atom. The lowest BCUT2D eigenvalue weighted by Crippen LogP contribution is -2.19. The van der Waals surface area contributed by atoms with Gasteiger partial charge in [-0.05, 0) is 20.8 Å².